The van der Waals surface area contributed by atoms with Gasteiger partial charge in [0.15, 0.2) is 16.6 Å². The number of carbonyl (C=O) groups excluding carboxylic acids is 1. The Kier molecular flexibility index (Phi) is 5.63. The third kappa shape index (κ3) is 4.24. The predicted molar refractivity (Wildman–Crippen MR) is 123 cm³/mol. The molecule has 3 aromatic carbocycles. The summed E-state index contributed by atoms with van der Waals surface area (Å²) >= 11 is 4.93. The highest BCUT2D eigenvalue weighted by Crippen LogP contribution is 2.27. The van der Waals surface area contributed by atoms with Crippen LogP contribution in [0.25, 0.3) is 11.3 Å². The van der Waals surface area contributed by atoms with Gasteiger partial charge in [-0.2, -0.15) is 9.80 Å². The molecule has 0 spiro atoms. The summed E-state index contributed by atoms with van der Waals surface area (Å²) in [6.07, 6.45) is 0. The fraction of sp³-hybridized carbons (Fsp3) is 0. The van der Waals surface area contributed by atoms with Crippen molar-refractivity contribution in [1.29, 1.82) is 0 Å². The SMILES string of the molecule is NC(=S)n1[nH]c(-c2ccccc2)c(N=Nc2ccc(C(=O)c3ccccc3)cc2)c1=O. The number of H-pyrrole nitrogens is 1. The predicted octanol–water partition coefficient (Wildman–Crippen LogP) is 4.58. The fourth-order valence-corrected chi connectivity index (χ4v) is 3.15. The van der Waals surface area contributed by atoms with E-state index < -0.39 is 5.56 Å². The van der Waals surface area contributed by atoms with Gasteiger partial charge in [-0.05, 0) is 36.5 Å². The molecule has 0 unspecified atom stereocenters. The molecule has 0 saturated heterocycles. The molecule has 8 heteroatoms. The molecule has 0 radical (unpaired) electrons. The average Bonchev–Trinajstić information content (AvgIpc) is 3.15. The Labute approximate surface area is 182 Å². The summed E-state index contributed by atoms with van der Waals surface area (Å²) in [7, 11) is 0. The van der Waals surface area contributed by atoms with E-state index in [0.29, 0.717) is 22.5 Å². The van der Waals surface area contributed by atoms with Gasteiger partial charge in [0.1, 0.15) is 0 Å². The zero-order chi connectivity index (χ0) is 21.8. The number of aromatic amines is 1. The van der Waals surface area contributed by atoms with E-state index in [2.05, 4.69) is 15.3 Å². The summed E-state index contributed by atoms with van der Waals surface area (Å²) < 4.78 is 1.05. The highest BCUT2D eigenvalue weighted by atomic mass is 32.1. The molecule has 0 fully saturated rings. The fourth-order valence-electron chi connectivity index (χ4n) is 3.03. The molecule has 1 heterocycles. The minimum atomic E-state index is -0.494. The van der Waals surface area contributed by atoms with E-state index in [9.17, 15) is 9.59 Å². The van der Waals surface area contributed by atoms with Crippen molar-refractivity contribution in [3.8, 4) is 11.3 Å². The van der Waals surface area contributed by atoms with Crippen LogP contribution in [0.2, 0.25) is 0 Å². The van der Waals surface area contributed by atoms with Crippen molar-refractivity contribution in [3.63, 3.8) is 0 Å². The third-order valence-corrected chi connectivity index (χ3v) is 4.76. The van der Waals surface area contributed by atoms with Gasteiger partial charge in [-0.25, -0.2) is 0 Å². The second-order valence-corrected chi connectivity index (χ2v) is 7.04. The first-order valence-electron chi connectivity index (χ1n) is 9.36. The van der Waals surface area contributed by atoms with Gasteiger partial charge in [0.2, 0.25) is 0 Å². The molecule has 0 aliphatic rings. The molecule has 3 N–H and O–H groups in total. The van der Waals surface area contributed by atoms with E-state index in [1.54, 1.807) is 36.4 Å². The lowest BCUT2D eigenvalue weighted by molar-refractivity contribution is 0.103. The number of hydrogen-bond donors (Lipinski definition) is 2. The number of thiocarbonyl (C=S) groups is 1. The maximum absolute atomic E-state index is 12.7. The van der Waals surface area contributed by atoms with Crippen molar-refractivity contribution in [2.75, 3.05) is 0 Å². The normalized spacial score (nSPS) is 11.0. The number of aromatic nitrogens is 2. The van der Waals surface area contributed by atoms with Crippen LogP contribution in [0.4, 0.5) is 11.4 Å². The molecule has 7 nitrogen and oxygen atoms in total. The minimum Gasteiger partial charge on any atom is -0.374 e. The summed E-state index contributed by atoms with van der Waals surface area (Å²) in [4.78, 5) is 25.2. The Hall–Kier alpha value is -4.17. The molecule has 0 atom stereocenters. The first kappa shape index (κ1) is 20.1. The Morgan fingerprint density at radius 3 is 2.03 bits per heavy atom. The van der Waals surface area contributed by atoms with Crippen LogP contribution in [0.1, 0.15) is 15.9 Å². The first-order chi connectivity index (χ1) is 15.0. The molecular formula is C23H17N5O2S. The van der Waals surface area contributed by atoms with E-state index in [1.165, 1.54) is 0 Å². The van der Waals surface area contributed by atoms with E-state index in [1.807, 2.05) is 48.5 Å². The third-order valence-electron chi connectivity index (χ3n) is 4.58. The van der Waals surface area contributed by atoms with Crippen molar-refractivity contribution in [2.45, 2.75) is 0 Å². The van der Waals surface area contributed by atoms with Crippen molar-refractivity contribution >= 4 is 34.5 Å². The van der Waals surface area contributed by atoms with Crippen molar-refractivity contribution < 1.29 is 4.79 Å². The minimum absolute atomic E-state index is 0.0829. The van der Waals surface area contributed by atoms with E-state index in [0.717, 1.165) is 10.2 Å². The number of benzene rings is 3. The second kappa shape index (κ2) is 8.68. The summed E-state index contributed by atoms with van der Waals surface area (Å²) in [5, 5.41) is 11.1. The van der Waals surface area contributed by atoms with E-state index >= 15 is 0 Å². The molecule has 152 valence electrons. The molecule has 0 amide bonds. The molecule has 4 rings (SSSR count). The Bertz CT molecular complexity index is 1320. The highest BCUT2D eigenvalue weighted by molar-refractivity contribution is 7.80. The maximum atomic E-state index is 12.7. The van der Waals surface area contributed by atoms with Crippen molar-refractivity contribution in [3.05, 3.63) is 106 Å². The topological polar surface area (TPSA) is 106 Å². The van der Waals surface area contributed by atoms with Crippen molar-refractivity contribution in [2.24, 2.45) is 16.0 Å². The summed E-state index contributed by atoms with van der Waals surface area (Å²) in [6.45, 7) is 0. The number of azo groups is 1. The molecule has 0 bridgehead atoms. The van der Waals surface area contributed by atoms with Crippen LogP contribution in [0.3, 0.4) is 0 Å². The number of nitrogens with two attached hydrogens (primary N) is 1. The van der Waals surface area contributed by atoms with E-state index in [4.69, 9.17) is 18.0 Å². The molecule has 0 saturated carbocycles. The van der Waals surface area contributed by atoms with Crippen LogP contribution in [0.5, 0.6) is 0 Å². The van der Waals surface area contributed by atoms with Gasteiger partial charge in [-0.15, -0.1) is 5.11 Å². The summed E-state index contributed by atoms with van der Waals surface area (Å²) in [6, 6.07) is 24.9. The molecule has 0 aliphatic carbocycles. The molecule has 1 aromatic heterocycles. The Balaban J connectivity index is 1.65. The zero-order valence-corrected chi connectivity index (χ0v) is 17.0. The number of rotatable bonds is 5. The summed E-state index contributed by atoms with van der Waals surface area (Å²) in [5.74, 6) is -0.0829. The number of ketones is 1. The monoisotopic (exact) mass is 427 g/mol. The van der Waals surface area contributed by atoms with Crippen LogP contribution < -0.4 is 11.3 Å². The zero-order valence-electron chi connectivity index (χ0n) is 16.2. The van der Waals surface area contributed by atoms with Gasteiger partial charge >= 0.3 is 5.56 Å². The van der Waals surface area contributed by atoms with Crippen LogP contribution in [0.15, 0.2) is 100.0 Å². The lowest BCUT2D eigenvalue weighted by atomic mass is 10.0. The standard InChI is InChI=1S/C23H17N5O2S/c24-23(31)28-22(30)20(19(27-28)15-7-3-1-4-8-15)26-25-18-13-11-17(12-14-18)21(29)16-9-5-2-6-10-16/h1-14,27H,(H2,24,31). The quantitative estimate of drug-likeness (QED) is 0.276. The average molecular weight is 427 g/mol. The molecule has 0 aliphatic heterocycles. The van der Waals surface area contributed by atoms with Gasteiger partial charge < -0.3 is 5.73 Å². The lowest BCUT2D eigenvalue weighted by Gasteiger charge is -2.01. The van der Waals surface area contributed by atoms with Gasteiger partial charge in [0, 0.05) is 16.7 Å². The molecule has 31 heavy (non-hydrogen) atoms. The molecular weight excluding hydrogens is 410 g/mol. The summed E-state index contributed by atoms with van der Waals surface area (Å²) in [5.41, 5.74) is 8.06. The van der Waals surface area contributed by atoms with Gasteiger partial charge in [0.05, 0.1) is 11.4 Å². The van der Waals surface area contributed by atoms with Gasteiger partial charge in [0.25, 0.3) is 0 Å². The van der Waals surface area contributed by atoms with Crippen LogP contribution in [-0.2, 0) is 0 Å². The number of hydrogen-bond acceptors (Lipinski definition) is 5. The van der Waals surface area contributed by atoms with Gasteiger partial charge in [-0.3, -0.25) is 14.7 Å². The van der Waals surface area contributed by atoms with E-state index in [-0.39, 0.29) is 16.6 Å². The van der Waals surface area contributed by atoms with Crippen molar-refractivity contribution in [1.82, 2.24) is 9.78 Å². The first-order valence-corrected chi connectivity index (χ1v) is 9.77. The highest BCUT2D eigenvalue weighted by Gasteiger charge is 2.17. The molecule has 4 aromatic rings. The number of carbonyl (C=O) groups is 1. The lowest BCUT2D eigenvalue weighted by Crippen LogP contribution is -2.29. The van der Waals surface area contributed by atoms with Crippen LogP contribution >= 0.6 is 12.2 Å². The number of nitrogens with zero attached hydrogens (tertiary/aromatic N) is 3. The smallest absolute Gasteiger partial charge is 0.301 e. The Morgan fingerprint density at radius 1 is 0.839 bits per heavy atom. The number of nitrogens with one attached hydrogen (secondary N) is 1. The van der Waals surface area contributed by atoms with Gasteiger partial charge in [-0.1, -0.05) is 60.7 Å². The maximum Gasteiger partial charge on any atom is 0.301 e. The van der Waals surface area contributed by atoms with Crippen LogP contribution in [-0.4, -0.2) is 20.7 Å². The largest absolute Gasteiger partial charge is 0.374 e. The second-order valence-electron chi connectivity index (χ2n) is 6.62. The van der Waals surface area contributed by atoms with Crippen LogP contribution in [0, 0.1) is 0 Å². The Morgan fingerprint density at radius 2 is 1.42 bits per heavy atom.